The van der Waals surface area contributed by atoms with Gasteiger partial charge in [0.25, 0.3) is 5.56 Å². The van der Waals surface area contributed by atoms with Crippen LogP contribution in [0.5, 0.6) is 0 Å². The molecule has 0 amide bonds. The minimum atomic E-state index is -0.283. The summed E-state index contributed by atoms with van der Waals surface area (Å²) in [5.41, 5.74) is 3.79. The molecule has 152 valence electrons. The summed E-state index contributed by atoms with van der Waals surface area (Å²) in [6.45, 7) is 2.41. The molecule has 0 aliphatic rings. The van der Waals surface area contributed by atoms with Gasteiger partial charge in [-0.05, 0) is 25.0 Å². The quantitative estimate of drug-likeness (QED) is 0.411. The largest absolute Gasteiger partial charge is 0.469 e. The summed E-state index contributed by atoms with van der Waals surface area (Å²) in [7, 11) is 1.37. The molecular weight excluding hydrogens is 396 g/mol. The van der Waals surface area contributed by atoms with Gasteiger partial charge >= 0.3 is 5.97 Å². The summed E-state index contributed by atoms with van der Waals surface area (Å²) < 4.78 is 6.44. The van der Waals surface area contributed by atoms with Crippen LogP contribution in [0.25, 0.3) is 32.7 Å². The number of hydrogen-bond donors (Lipinski definition) is 0. The molecular formula is C24H22N2O3S. The maximum atomic E-state index is 13.6. The van der Waals surface area contributed by atoms with E-state index in [0.717, 1.165) is 27.1 Å². The van der Waals surface area contributed by atoms with Crippen LogP contribution in [0.4, 0.5) is 0 Å². The first kappa shape index (κ1) is 20.0. The van der Waals surface area contributed by atoms with Gasteiger partial charge in [-0.25, -0.2) is 4.98 Å². The molecule has 2 heterocycles. The Balaban J connectivity index is 1.88. The molecule has 30 heavy (non-hydrogen) atoms. The van der Waals surface area contributed by atoms with Gasteiger partial charge in [-0.3, -0.25) is 14.2 Å². The Kier molecular flexibility index (Phi) is 5.77. The highest BCUT2D eigenvalue weighted by molar-refractivity contribution is 7.17. The van der Waals surface area contributed by atoms with Crippen LogP contribution in [0.2, 0.25) is 0 Å². The van der Waals surface area contributed by atoms with Crippen LogP contribution in [0.3, 0.4) is 0 Å². The molecule has 0 bridgehead atoms. The van der Waals surface area contributed by atoms with E-state index >= 15 is 0 Å². The first-order valence-electron chi connectivity index (χ1n) is 9.80. The van der Waals surface area contributed by atoms with Gasteiger partial charge in [0.15, 0.2) is 0 Å². The van der Waals surface area contributed by atoms with Crippen molar-refractivity contribution in [3.8, 4) is 22.5 Å². The lowest BCUT2D eigenvalue weighted by Gasteiger charge is -2.13. The van der Waals surface area contributed by atoms with Crippen molar-refractivity contribution >= 4 is 27.5 Å². The molecule has 2 aromatic heterocycles. The second kappa shape index (κ2) is 8.63. The van der Waals surface area contributed by atoms with Crippen molar-refractivity contribution in [3.05, 3.63) is 75.9 Å². The number of carbonyl (C=O) groups is 1. The SMILES string of the molecule is COC(=O)CCCn1c(-c2cccc(C)c2)nc2scc(-c3ccccc3)c2c1=O. The summed E-state index contributed by atoms with van der Waals surface area (Å²) in [6, 6.07) is 17.8. The lowest BCUT2D eigenvalue weighted by molar-refractivity contribution is -0.140. The molecule has 4 rings (SSSR count). The maximum absolute atomic E-state index is 13.6. The lowest BCUT2D eigenvalue weighted by Crippen LogP contribution is -2.24. The van der Waals surface area contributed by atoms with Crippen molar-refractivity contribution in [3.63, 3.8) is 0 Å². The number of thiophene rings is 1. The van der Waals surface area contributed by atoms with Gasteiger partial charge in [0.1, 0.15) is 10.7 Å². The summed E-state index contributed by atoms with van der Waals surface area (Å²) in [4.78, 5) is 30.8. The predicted molar refractivity (Wildman–Crippen MR) is 121 cm³/mol. The van der Waals surface area contributed by atoms with Crippen molar-refractivity contribution in [1.82, 2.24) is 9.55 Å². The summed E-state index contributed by atoms with van der Waals surface area (Å²) in [5, 5.41) is 2.62. The molecule has 0 atom stereocenters. The molecule has 2 aromatic carbocycles. The zero-order chi connectivity index (χ0) is 21.1. The van der Waals surface area contributed by atoms with Gasteiger partial charge < -0.3 is 4.74 Å². The molecule has 0 saturated carbocycles. The number of methoxy groups -OCH3 is 1. The second-order valence-electron chi connectivity index (χ2n) is 7.14. The number of hydrogen-bond acceptors (Lipinski definition) is 5. The van der Waals surface area contributed by atoms with E-state index < -0.39 is 0 Å². The van der Waals surface area contributed by atoms with Gasteiger partial charge in [-0.2, -0.15) is 0 Å². The van der Waals surface area contributed by atoms with Crippen molar-refractivity contribution in [2.45, 2.75) is 26.3 Å². The van der Waals surface area contributed by atoms with Crippen LogP contribution in [0.1, 0.15) is 18.4 Å². The third-order valence-electron chi connectivity index (χ3n) is 5.05. The summed E-state index contributed by atoms with van der Waals surface area (Å²) in [5.74, 6) is 0.345. The number of esters is 1. The highest BCUT2D eigenvalue weighted by atomic mass is 32.1. The Labute approximate surface area is 178 Å². The number of carbonyl (C=O) groups excluding carboxylic acids is 1. The number of ether oxygens (including phenoxy) is 1. The van der Waals surface area contributed by atoms with Gasteiger partial charge in [0.05, 0.1) is 12.5 Å². The molecule has 0 aliphatic carbocycles. The monoisotopic (exact) mass is 418 g/mol. The van der Waals surface area contributed by atoms with Crippen molar-refractivity contribution < 1.29 is 9.53 Å². The Bertz CT molecular complexity index is 1260. The molecule has 0 aliphatic heterocycles. The maximum Gasteiger partial charge on any atom is 0.305 e. The van der Waals surface area contributed by atoms with E-state index in [0.29, 0.717) is 24.2 Å². The predicted octanol–water partition coefficient (Wildman–Crippen LogP) is 5.05. The Morgan fingerprint density at radius 3 is 2.60 bits per heavy atom. The Morgan fingerprint density at radius 2 is 1.87 bits per heavy atom. The van der Waals surface area contributed by atoms with Gasteiger partial charge in [0, 0.05) is 29.5 Å². The Hall–Kier alpha value is -3.25. The van der Waals surface area contributed by atoms with Crippen LogP contribution < -0.4 is 5.56 Å². The normalized spacial score (nSPS) is 11.0. The van der Waals surface area contributed by atoms with Crippen molar-refractivity contribution in [1.29, 1.82) is 0 Å². The first-order chi connectivity index (χ1) is 14.6. The van der Waals surface area contributed by atoms with E-state index in [1.54, 1.807) is 4.57 Å². The zero-order valence-corrected chi connectivity index (χ0v) is 17.7. The topological polar surface area (TPSA) is 61.2 Å². The number of aryl methyl sites for hydroxylation is 1. The van der Waals surface area contributed by atoms with E-state index in [-0.39, 0.29) is 17.9 Å². The van der Waals surface area contributed by atoms with Crippen LogP contribution >= 0.6 is 11.3 Å². The number of benzene rings is 2. The zero-order valence-electron chi connectivity index (χ0n) is 16.9. The lowest BCUT2D eigenvalue weighted by atomic mass is 10.1. The van der Waals surface area contributed by atoms with Gasteiger partial charge in [-0.1, -0.05) is 54.1 Å². The van der Waals surface area contributed by atoms with Crippen molar-refractivity contribution in [2.24, 2.45) is 0 Å². The second-order valence-corrected chi connectivity index (χ2v) is 8.00. The highest BCUT2D eigenvalue weighted by Crippen LogP contribution is 2.32. The fourth-order valence-electron chi connectivity index (χ4n) is 3.55. The van der Waals surface area contributed by atoms with Gasteiger partial charge in [-0.15, -0.1) is 11.3 Å². The smallest absolute Gasteiger partial charge is 0.305 e. The Morgan fingerprint density at radius 1 is 1.10 bits per heavy atom. The number of aromatic nitrogens is 2. The van der Waals surface area contributed by atoms with E-state index in [1.807, 2.05) is 66.9 Å². The van der Waals surface area contributed by atoms with E-state index in [2.05, 4.69) is 0 Å². The molecule has 0 radical (unpaired) electrons. The van der Waals surface area contributed by atoms with Crippen LogP contribution in [0.15, 0.2) is 64.8 Å². The van der Waals surface area contributed by atoms with Crippen LogP contribution in [-0.4, -0.2) is 22.6 Å². The first-order valence-corrected chi connectivity index (χ1v) is 10.7. The fourth-order valence-corrected chi connectivity index (χ4v) is 4.49. The van der Waals surface area contributed by atoms with E-state index in [9.17, 15) is 9.59 Å². The molecule has 0 N–H and O–H groups in total. The van der Waals surface area contributed by atoms with E-state index in [4.69, 9.17) is 9.72 Å². The molecule has 0 fully saturated rings. The molecule has 6 heteroatoms. The fraction of sp³-hybridized carbons (Fsp3) is 0.208. The van der Waals surface area contributed by atoms with Crippen LogP contribution in [-0.2, 0) is 16.1 Å². The summed E-state index contributed by atoms with van der Waals surface area (Å²) >= 11 is 1.48. The molecule has 4 aromatic rings. The van der Waals surface area contributed by atoms with Gasteiger partial charge in [0.2, 0.25) is 0 Å². The highest BCUT2D eigenvalue weighted by Gasteiger charge is 2.18. The number of fused-ring (bicyclic) bond motifs is 1. The molecule has 0 saturated heterocycles. The summed E-state index contributed by atoms with van der Waals surface area (Å²) in [6.07, 6.45) is 0.757. The van der Waals surface area contributed by atoms with E-state index in [1.165, 1.54) is 18.4 Å². The number of rotatable bonds is 6. The average Bonchev–Trinajstić information content (AvgIpc) is 3.20. The number of nitrogens with zero attached hydrogens (tertiary/aromatic N) is 2. The molecule has 0 unspecified atom stereocenters. The van der Waals surface area contributed by atoms with Crippen molar-refractivity contribution in [2.75, 3.05) is 7.11 Å². The third kappa shape index (κ3) is 3.91. The minimum absolute atomic E-state index is 0.0820. The molecule has 0 spiro atoms. The third-order valence-corrected chi connectivity index (χ3v) is 5.92. The average molecular weight is 419 g/mol. The van der Waals surface area contributed by atoms with Crippen LogP contribution in [0, 0.1) is 6.92 Å². The standard InChI is InChI=1S/C24H22N2O3S/c1-16-8-6-11-18(14-16)22-25-23-21(19(15-30-23)17-9-4-3-5-10-17)24(28)26(22)13-7-12-20(27)29-2/h3-6,8-11,14-15H,7,12-13H2,1-2H3. The molecule has 5 nitrogen and oxygen atoms in total. The minimum Gasteiger partial charge on any atom is -0.469 e.